The molecule has 2 aromatic heterocycles. The summed E-state index contributed by atoms with van der Waals surface area (Å²) in [5.74, 6) is -0.936. The molecule has 29 heavy (non-hydrogen) atoms. The molecule has 0 aliphatic heterocycles. The third kappa shape index (κ3) is 5.19. The average molecular weight is 410 g/mol. The van der Waals surface area contributed by atoms with Crippen LogP contribution in [-0.2, 0) is 17.6 Å². The first kappa shape index (κ1) is 20.5. The second-order valence-corrected chi connectivity index (χ2v) is 6.39. The Morgan fingerprint density at radius 2 is 2.03 bits per heavy atom. The van der Waals surface area contributed by atoms with Crippen LogP contribution in [-0.4, -0.2) is 32.5 Å². The highest BCUT2D eigenvalue weighted by Crippen LogP contribution is 2.31. The van der Waals surface area contributed by atoms with Gasteiger partial charge in [0.1, 0.15) is 5.76 Å². The van der Waals surface area contributed by atoms with Crippen molar-refractivity contribution in [3.05, 3.63) is 53.2 Å². The second-order valence-electron chi connectivity index (χ2n) is 6.39. The van der Waals surface area contributed by atoms with Gasteiger partial charge in [-0.15, -0.1) is 0 Å². The molecule has 8 nitrogen and oxygen atoms in total. The predicted molar refractivity (Wildman–Crippen MR) is 92.6 cm³/mol. The van der Waals surface area contributed by atoms with Crippen molar-refractivity contribution in [1.29, 1.82) is 0 Å². The van der Waals surface area contributed by atoms with E-state index >= 15 is 0 Å². The van der Waals surface area contributed by atoms with E-state index in [-0.39, 0.29) is 6.04 Å². The van der Waals surface area contributed by atoms with E-state index in [2.05, 4.69) is 27.4 Å². The summed E-state index contributed by atoms with van der Waals surface area (Å²) in [7, 11) is 0. The maximum atomic E-state index is 10.6. The van der Waals surface area contributed by atoms with Gasteiger partial charge in [0.25, 0.3) is 5.89 Å². The van der Waals surface area contributed by atoms with Gasteiger partial charge in [-0.05, 0) is 42.5 Å². The SMILES string of the molecule is NC1CCCc2cc(-c3nc(Cc4ccno4)no3)ccc21.O=C(O)C(F)(F)F. The van der Waals surface area contributed by atoms with Crippen molar-refractivity contribution in [2.24, 2.45) is 5.73 Å². The van der Waals surface area contributed by atoms with Crippen molar-refractivity contribution in [3.8, 4) is 11.5 Å². The van der Waals surface area contributed by atoms with Crippen LogP contribution in [0.4, 0.5) is 13.2 Å². The van der Waals surface area contributed by atoms with Crippen molar-refractivity contribution in [1.82, 2.24) is 15.3 Å². The van der Waals surface area contributed by atoms with Gasteiger partial charge in [0.15, 0.2) is 5.82 Å². The van der Waals surface area contributed by atoms with E-state index in [1.54, 1.807) is 12.3 Å². The molecule has 2 heterocycles. The van der Waals surface area contributed by atoms with Gasteiger partial charge in [-0.3, -0.25) is 0 Å². The molecule has 1 aliphatic rings. The first-order valence-corrected chi connectivity index (χ1v) is 8.65. The number of carboxylic acid groups (broad SMARTS) is 1. The number of aromatic nitrogens is 3. The normalized spacial score (nSPS) is 15.9. The number of carboxylic acids is 1. The molecule has 0 radical (unpaired) electrons. The fourth-order valence-corrected chi connectivity index (χ4v) is 2.92. The number of benzene rings is 1. The van der Waals surface area contributed by atoms with E-state index in [0.717, 1.165) is 24.8 Å². The van der Waals surface area contributed by atoms with Gasteiger partial charge in [-0.1, -0.05) is 16.4 Å². The van der Waals surface area contributed by atoms with Crippen LogP contribution in [0.25, 0.3) is 11.5 Å². The molecule has 0 saturated carbocycles. The highest BCUT2D eigenvalue weighted by atomic mass is 19.4. The monoisotopic (exact) mass is 410 g/mol. The first-order valence-electron chi connectivity index (χ1n) is 8.65. The minimum Gasteiger partial charge on any atom is -0.475 e. The van der Waals surface area contributed by atoms with Gasteiger partial charge in [0, 0.05) is 17.7 Å². The fraction of sp³-hybridized carbons (Fsp3) is 0.333. The number of fused-ring (bicyclic) bond motifs is 1. The molecule has 154 valence electrons. The summed E-state index contributed by atoms with van der Waals surface area (Å²) >= 11 is 0. The van der Waals surface area contributed by atoms with E-state index in [0.29, 0.717) is 23.9 Å². The summed E-state index contributed by atoms with van der Waals surface area (Å²) in [5.41, 5.74) is 9.60. The lowest BCUT2D eigenvalue weighted by atomic mass is 9.87. The number of aryl methyl sites for hydroxylation is 1. The van der Waals surface area contributed by atoms with Crippen LogP contribution >= 0.6 is 0 Å². The zero-order valence-corrected chi connectivity index (χ0v) is 15.0. The van der Waals surface area contributed by atoms with Crippen LogP contribution in [0.1, 0.15) is 41.6 Å². The molecular weight excluding hydrogens is 393 g/mol. The molecule has 1 aromatic carbocycles. The van der Waals surface area contributed by atoms with Crippen LogP contribution < -0.4 is 5.73 Å². The Kier molecular flexibility index (Phi) is 5.97. The highest BCUT2D eigenvalue weighted by molar-refractivity contribution is 5.73. The summed E-state index contributed by atoms with van der Waals surface area (Å²) < 4.78 is 42.2. The number of carbonyl (C=O) groups is 1. The van der Waals surface area contributed by atoms with Gasteiger partial charge in [0.05, 0.1) is 12.6 Å². The Hall–Kier alpha value is -3.21. The number of nitrogens with zero attached hydrogens (tertiary/aromatic N) is 3. The minimum atomic E-state index is -5.08. The van der Waals surface area contributed by atoms with Crippen molar-refractivity contribution in [2.45, 2.75) is 37.9 Å². The smallest absolute Gasteiger partial charge is 0.475 e. The van der Waals surface area contributed by atoms with Gasteiger partial charge in [0.2, 0.25) is 0 Å². The van der Waals surface area contributed by atoms with Gasteiger partial charge in [-0.25, -0.2) is 4.79 Å². The molecule has 11 heteroatoms. The molecule has 1 atom stereocenters. The molecular formula is C18H17F3N4O4. The predicted octanol–water partition coefficient (Wildman–Crippen LogP) is 3.28. The third-order valence-electron chi connectivity index (χ3n) is 4.28. The van der Waals surface area contributed by atoms with Crippen LogP contribution in [0.5, 0.6) is 0 Å². The van der Waals surface area contributed by atoms with Crippen LogP contribution in [0, 0.1) is 0 Å². The Morgan fingerprint density at radius 1 is 1.28 bits per heavy atom. The molecule has 0 amide bonds. The minimum absolute atomic E-state index is 0.141. The number of rotatable bonds is 3. The number of hydrogen-bond acceptors (Lipinski definition) is 7. The number of aliphatic carboxylic acids is 1. The molecule has 1 aliphatic carbocycles. The Morgan fingerprint density at radius 3 is 2.69 bits per heavy atom. The van der Waals surface area contributed by atoms with Crippen LogP contribution in [0.3, 0.4) is 0 Å². The summed E-state index contributed by atoms with van der Waals surface area (Å²) in [6.07, 6.45) is 0.213. The second kappa shape index (κ2) is 8.43. The van der Waals surface area contributed by atoms with Crippen molar-refractivity contribution in [2.75, 3.05) is 0 Å². The maximum Gasteiger partial charge on any atom is 0.490 e. The van der Waals surface area contributed by atoms with E-state index < -0.39 is 12.1 Å². The molecule has 0 spiro atoms. The highest BCUT2D eigenvalue weighted by Gasteiger charge is 2.38. The Labute approximate surface area is 162 Å². The number of hydrogen-bond donors (Lipinski definition) is 2. The van der Waals surface area contributed by atoms with Gasteiger partial charge >= 0.3 is 12.1 Å². The Bertz CT molecular complexity index is 970. The maximum absolute atomic E-state index is 10.6. The largest absolute Gasteiger partial charge is 0.490 e. The fourth-order valence-electron chi connectivity index (χ4n) is 2.92. The number of alkyl halides is 3. The van der Waals surface area contributed by atoms with Crippen LogP contribution in [0.2, 0.25) is 0 Å². The topological polar surface area (TPSA) is 128 Å². The van der Waals surface area contributed by atoms with E-state index in [1.165, 1.54) is 11.1 Å². The summed E-state index contributed by atoms with van der Waals surface area (Å²) in [6, 6.07) is 8.11. The van der Waals surface area contributed by atoms with Crippen LogP contribution in [0.15, 0.2) is 39.5 Å². The van der Waals surface area contributed by atoms with Gasteiger partial charge in [-0.2, -0.15) is 18.2 Å². The summed E-state index contributed by atoms with van der Waals surface area (Å²) in [6.45, 7) is 0. The molecule has 3 aromatic rings. The van der Waals surface area contributed by atoms with Crippen molar-refractivity contribution >= 4 is 5.97 Å². The standard InChI is InChI=1S/C16H16N4O2.C2HF3O2/c17-14-3-1-2-10-8-11(4-5-13(10)14)16-19-15(20-22-16)9-12-6-7-18-21-12;3-2(4,5)1(6)7/h4-8,14H,1-3,9,17H2;(H,6,7). The third-order valence-corrected chi connectivity index (χ3v) is 4.28. The molecule has 3 N–H and O–H groups in total. The lowest BCUT2D eigenvalue weighted by molar-refractivity contribution is -0.192. The van der Waals surface area contributed by atoms with Crippen molar-refractivity contribution < 1.29 is 32.1 Å². The zero-order valence-electron chi connectivity index (χ0n) is 15.0. The number of halogens is 3. The Balaban J connectivity index is 0.000000298. The molecule has 0 fully saturated rings. The summed E-state index contributed by atoms with van der Waals surface area (Å²) in [4.78, 5) is 13.3. The quantitative estimate of drug-likeness (QED) is 0.673. The zero-order chi connectivity index (χ0) is 21.0. The molecule has 1 unspecified atom stereocenters. The molecule has 0 saturated heterocycles. The van der Waals surface area contributed by atoms with E-state index in [9.17, 15) is 13.2 Å². The molecule has 4 rings (SSSR count). The lowest BCUT2D eigenvalue weighted by Gasteiger charge is -2.22. The molecule has 0 bridgehead atoms. The first-order chi connectivity index (χ1) is 13.7. The number of nitrogens with two attached hydrogens (primary N) is 1. The van der Waals surface area contributed by atoms with Gasteiger partial charge < -0.3 is 19.9 Å². The van der Waals surface area contributed by atoms with E-state index in [1.807, 2.05) is 6.07 Å². The van der Waals surface area contributed by atoms with E-state index in [4.69, 9.17) is 24.7 Å². The van der Waals surface area contributed by atoms with Crippen molar-refractivity contribution in [3.63, 3.8) is 0 Å². The lowest BCUT2D eigenvalue weighted by Crippen LogP contribution is -2.21. The summed E-state index contributed by atoms with van der Waals surface area (Å²) in [5, 5.41) is 14.8. The average Bonchev–Trinajstić information content (AvgIpc) is 3.34.